The fraction of sp³-hybridized carbons (Fsp3) is 0.667. The van der Waals surface area contributed by atoms with Crippen LogP contribution in [0.3, 0.4) is 0 Å². The van der Waals surface area contributed by atoms with Crippen LogP contribution in [0.5, 0.6) is 0 Å². The molecule has 0 amide bonds. The van der Waals surface area contributed by atoms with Gasteiger partial charge in [0.25, 0.3) is 0 Å². The number of hydrogen-bond donors (Lipinski definition) is 2. The molecule has 0 unspecified atom stereocenters. The van der Waals surface area contributed by atoms with E-state index in [4.69, 9.17) is 11.6 Å². The van der Waals surface area contributed by atoms with Crippen molar-refractivity contribution in [2.75, 3.05) is 44.4 Å². The van der Waals surface area contributed by atoms with E-state index in [0.29, 0.717) is 11.9 Å². The number of anilines is 2. The van der Waals surface area contributed by atoms with Crippen LogP contribution in [-0.4, -0.2) is 53.6 Å². The molecule has 0 bridgehead atoms. The molecule has 2 N–H and O–H groups in total. The van der Waals surface area contributed by atoms with Crippen LogP contribution in [0.1, 0.15) is 6.92 Å². The molecule has 0 aliphatic heterocycles. The van der Waals surface area contributed by atoms with Crippen molar-refractivity contribution in [3.8, 4) is 0 Å². The van der Waals surface area contributed by atoms with Gasteiger partial charge in [-0.05, 0) is 25.2 Å². The Kier molecular flexibility index (Phi) is 5.21. The van der Waals surface area contributed by atoms with Gasteiger partial charge in [0, 0.05) is 20.1 Å². The molecule has 0 saturated carbocycles. The predicted octanol–water partition coefficient (Wildman–Crippen LogP) is 0.930. The Morgan fingerprint density at radius 3 is 2.56 bits per heavy atom. The van der Waals surface area contributed by atoms with Gasteiger partial charge in [-0.15, -0.1) is 0 Å². The van der Waals surface area contributed by atoms with E-state index < -0.39 is 0 Å². The fourth-order valence-electron chi connectivity index (χ4n) is 1.06. The molecule has 1 aromatic rings. The van der Waals surface area contributed by atoms with Crippen LogP contribution >= 0.6 is 11.6 Å². The molecule has 0 saturated heterocycles. The number of hydrogen-bond acceptors (Lipinski definition) is 6. The molecule has 0 aliphatic carbocycles. The van der Waals surface area contributed by atoms with Crippen LogP contribution in [-0.2, 0) is 0 Å². The van der Waals surface area contributed by atoms with Gasteiger partial charge in [0.05, 0.1) is 0 Å². The lowest BCUT2D eigenvalue weighted by Crippen LogP contribution is -2.25. The zero-order chi connectivity index (χ0) is 12.0. The van der Waals surface area contributed by atoms with Crippen LogP contribution in [0.15, 0.2) is 0 Å². The Hall–Kier alpha value is -1.14. The third-order valence-electron chi connectivity index (χ3n) is 2.15. The van der Waals surface area contributed by atoms with Crippen molar-refractivity contribution < 1.29 is 0 Å². The molecular weight excluding hydrogens is 228 g/mol. The molecule has 0 fully saturated rings. The van der Waals surface area contributed by atoms with Gasteiger partial charge < -0.3 is 15.5 Å². The summed E-state index contributed by atoms with van der Waals surface area (Å²) >= 11 is 5.74. The van der Waals surface area contributed by atoms with E-state index >= 15 is 0 Å². The van der Waals surface area contributed by atoms with Crippen molar-refractivity contribution in [1.29, 1.82) is 0 Å². The van der Waals surface area contributed by atoms with E-state index in [-0.39, 0.29) is 5.28 Å². The molecule has 1 heterocycles. The van der Waals surface area contributed by atoms with E-state index in [2.05, 4.69) is 44.5 Å². The summed E-state index contributed by atoms with van der Waals surface area (Å²) < 4.78 is 0. The van der Waals surface area contributed by atoms with Crippen molar-refractivity contribution in [2.45, 2.75) is 6.92 Å². The third kappa shape index (κ3) is 4.16. The normalized spacial score (nSPS) is 10.6. The highest BCUT2D eigenvalue weighted by Crippen LogP contribution is 2.08. The summed E-state index contributed by atoms with van der Waals surface area (Å²) in [6.07, 6.45) is 0. The minimum Gasteiger partial charge on any atom is -0.357 e. The first-order valence-electron chi connectivity index (χ1n) is 5.17. The van der Waals surface area contributed by atoms with Gasteiger partial charge in [-0.25, -0.2) is 0 Å². The van der Waals surface area contributed by atoms with Crippen molar-refractivity contribution in [1.82, 2.24) is 19.9 Å². The smallest absolute Gasteiger partial charge is 0.228 e. The summed E-state index contributed by atoms with van der Waals surface area (Å²) in [4.78, 5) is 14.2. The average Bonchev–Trinajstić information content (AvgIpc) is 2.28. The van der Waals surface area contributed by atoms with Crippen molar-refractivity contribution in [2.24, 2.45) is 0 Å². The highest BCUT2D eigenvalue weighted by molar-refractivity contribution is 6.28. The molecular formula is C9H17ClN6. The second kappa shape index (κ2) is 6.44. The molecule has 0 aliphatic rings. The van der Waals surface area contributed by atoms with Crippen LogP contribution < -0.4 is 10.6 Å². The van der Waals surface area contributed by atoms with E-state index in [0.717, 1.165) is 19.6 Å². The van der Waals surface area contributed by atoms with Crippen LogP contribution in [0.4, 0.5) is 11.9 Å². The first-order chi connectivity index (χ1) is 7.65. The predicted molar refractivity (Wildman–Crippen MR) is 66.0 cm³/mol. The minimum absolute atomic E-state index is 0.186. The summed E-state index contributed by atoms with van der Waals surface area (Å²) in [7, 11) is 3.79. The van der Waals surface area contributed by atoms with Crippen molar-refractivity contribution in [3.05, 3.63) is 5.28 Å². The summed E-state index contributed by atoms with van der Waals surface area (Å²) in [5, 5.41) is 6.10. The van der Waals surface area contributed by atoms with Gasteiger partial charge in [-0.1, -0.05) is 6.92 Å². The van der Waals surface area contributed by atoms with E-state index in [9.17, 15) is 0 Å². The molecule has 0 aromatic carbocycles. The van der Waals surface area contributed by atoms with Crippen LogP contribution in [0, 0.1) is 0 Å². The number of nitrogens with one attached hydrogen (secondary N) is 2. The van der Waals surface area contributed by atoms with E-state index in [1.807, 2.05) is 0 Å². The van der Waals surface area contributed by atoms with Gasteiger partial charge in [0.2, 0.25) is 17.2 Å². The highest BCUT2D eigenvalue weighted by atomic mass is 35.5. The number of rotatable bonds is 6. The Bertz CT molecular complexity index is 332. The maximum absolute atomic E-state index is 5.74. The van der Waals surface area contributed by atoms with Gasteiger partial charge >= 0.3 is 0 Å². The second-order valence-corrected chi connectivity index (χ2v) is 3.66. The summed E-state index contributed by atoms with van der Waals surface area (Å²) in [6.45, 7) is 4.82. The molecule has 16 heavy (non-hydrogen) atoms. The minimum atomic E-state index is 0.186. The van der Waals surface area contributed by atoms with Gasteiger partial charge in [-0.3, -0.25) is 0 Å². The van der Waals surface area contributed by atoms with E-state index in [1.54, 1.807) is 7.05 Å². The van der Waals surface area contributed by atoms with Crippen LogP contribution in [0.25, 0.3) is 0 Å². The summed E-state index contributed by atoms with van der Waals surface area (Å²) in [5.74, 6) is 0.959. The average molecular weight is 245 g/mol. The highest BCUT2D eigenvalue weighted by Gasteiger charge is 2.03. The molecule has 6 nitrogen and oxygen atoms in total. The van der Waals surface area contributed by atoms with Crippen LogP contribution in [0.2, 0.25) is 5.28 Å². The molecule has 90 valence electrons. The quantitative estimate of drug-likeness (QED) is 0.776. The molecule has 7 heteroatoms. The van der Waals surface area contributed by atoms with E-state index in [1.165, 1.54) is 0 Å². The fourth-order valence-corrected chi connectivity index (χ4v) is 1.22. The van der Waals surface area contributed by atoms with Gasteiger partial charge in [0.1, 0.15) is 0 Å². The van der Waals surface area contributed by atoms with Gasteiger partial charge in [0.15, 0.2) is 0 Å². The molecule has 0 atom stereocenters. The Labute approximate surface area is 100 Å². The Morgan fingerprint density at radius 2 is 1.94 bits per heavy atom. The first-order valence-corrected chi connectivity index (χ1v) is 5.55. The molecule has 1 aromatic heterocycles. The lowest BCUT2D eigenvalue weighted by Gasteiger charge is -2.14. The topological polar surface area (TPSA) is 66.0 Å². The number of likely N-dealkylation sites (N-methyl/N-ethyl adjacent to an activating group) is 1. The zero-order valence-corrected chi connectivity index (χ0v) is 10.5. The van der Waals surface area contributed by atoms with Crippen molar-refractivity contribution >= 4 is 23.5 Å². The second-order valence-electron chi connectivity index (χ2n) is 3.32. The van der Waals surface area contributed by atoms with Gasteiger partial charge in [-0.2, -0.15) is 15.0 Å². The lowest BCUT2D eigenvalue weighted by molar-refractivity contribution is 0.367. The monoisotopic (exact) mass is 244 g/mol. The molecule has 0 spiro atoms. The standard InChI is InChI=1S/C9H17ClN6/c1-4-16(3)6-5-12-9-14-7(10)13-8(11-2)15-9/h4-6H2,1-3H3,(H2,11,12,13,14,15). The third-order valence-corrected chi connectivity index (χ3v) is 2.32. The SMILES string of the molecule is CCN(C)CCNc1nc(Cl)nc(NC)n1. The number of halogens is 1. The summed E-state index contributed by atoms with van der Waals surface area (Å²) in [5.41, 5.74) is 0. The maximum Gasteiger partial charge on any atom is 0.228 e. The largest absolute Gasteiger partial charge is 0.357 e. The Morgan fingerprint density at radius 1 is 1.25 bits per heavy atom. The zero-order valence-electron chi connectivity index (χ0n) is 9.79. The summed E-state index contributed by atoms with van der Waals surface area (Å²) in [6, 6.07) is 0. The molecule has 1 rings (SSSR count). The Balaban J connectivity index is 2.50. The van der Waals surface area contributed by atoms with Crippen molar-refractivity contribution in [3.63, 3.8) is 0 Å². The number of nitrogens with zero attached hydrogens (tertiary/aromatic N) is 4. The maximum atomic E-state index is 5.74. The number of aromatic nitrogens is 3. The lowest BCUT2D eigenvalue weighted by atomic mass is 10.5. The first kappa shape index (κ1) is 12.9. The molecule has 0 radical (unpaired) electrons.